The van der Waals surface area contributed by atoms with Gasteiger partial charge in [0.25, 0.3) is 0 Å². The molecule has 0 spiro atoms. The maximum Gasteiger partial charge on any atom is 0.0294 e. The predicted molar refractivity (Wildman–Crippen MR) is 52.1 cm³/mol. The second-order valence-electron chi connectivity index (χ2n) is 3.01. The zero-order valence-corrected chi connectivity index (χ0v) is 8.22. The summed E-state index contributed by atoms with van der Waals surface area (Å²) < 4.78 is 0. The van der Waals surface area contributed by atoms with Crippen LogP contribution in [-0.2, 0) is 0 Å². The van der Waals surface area contributed by atoms with Crippen LogP contribution in [0.5, 0.6) is 0 Å². The number of likely N-dealkylation sites (N-methyl/N-ethyl adjacent to an activating group) is 1. The molecule has 0 unspecified atom stereocenters. The maximum absolute atomic E-state index is 5.40. The van der Waals surface area contributed by atoms with E-state index in [-0.39, 0.29) is 0 Å². The van der Waals surface area contributed by atoms with Gasteiger partial charge in [-0.2, -0.15) is 0 Å². The van der Waals surface area contributed by atoms with E-state index in [0.29, 0.717) is 0 Å². The molecule has 0 bridgehead atoms. The summed E-state index contributed by atoms with van der Waals surface area (Å²) in [5.41, 5.74) is 4.82. The molecule has 0 atom stereocenters. The molecular formula is C8H16ClN3. The summed E-state index contributed by atoms with van der Waals surface area (Å²) in [6, 6.07) is 0. The monoisotopic (exact) mass is 189 g/mol. The minimum absolute atomic E-state index is 0.827. The Kier molecular flexibility index (Phi) is 4.61. The normalized spacial score (nSPS) is 22.2. The van der Waals surface area contributed by atoms with Crippen molar-refractivity contribution < 1.29 is 0 Å². The first-order valence-corrected chi connectivity index (χ1v) is 4.69. The Morgan fingerprint density at radius 2 is 2.00 bits per heavy atom. The van der Waals surface area contributed by atoms with Gasteiger partial charge in [0.05, 0.1) is 0 Å². The standard InChI is InChI=1S/C8H16ClN3/c1-11-5-7-12(8-6-11)10-4-2-3-9/h2-3,10H,4-8H2,1H3/b3-2+. The van der Waals surface area contributed by atoms with E-state index in [1.807, 2.05) is 6.08 Å². The molecule has 1 saturated heterocycles. The predicted octanol–water partition coefficient (Wildman–Crippen LogP) is 0.491. The van der Waals surface area contributed by atoms with Crippen molar-refractivity contribution in [1.82, 2.24) is 15.3 Å². The lowest BCUT2D eigenvalue weighted by Gasteiger charge is -2.32. The van der Waals surface area contributed by atoms with E-state index >= 15 is 0 Å². The Morgan fingerprint density at radius 3 is 2.58 bits per heavy atom. The van der Waals surface area contributed by atoms with Crippen LogP contribution in [-0.4, -0.2) is 49.7 Å². The number of hydrogen-bond donors (Lipinski definition) is 1. The Bertz CT molecular complexity index is 141. The van der Waals surface area contributed by atoms with Gasteiger partial charge in [-0.05, 0) is 7.05 Å². The largest absolute Gasteiger partial charge is 0.304 e. The Balaban J connectivity index is 2.09. The van der Waals surface area contributed by atoms with Crippen molar-refractivity contribution in [2.24, 2.45) is 0 Å². The SMILES string of the molecule is CN1CCN(NC/C=C/Cl)CC1. The van der Waals surface area contributed by atoms with E-state index in [4.69, 9.17) is 11.6 Å². The molecule has 0 saturated carbocycles. The zero-order chi connectivity index (χ0) is 8.81. The third-order valence-corrected chi connectivity index (χ3v) is 2.20. The molecule has 0 radical (unpaired) electrons. The molecule has 0 aromatic heterocycles. The fourth-order valence-electron chi connectivity index (χ4n) is 1.19. The molecule has 0 amide bonds. The molecule has 70 valence electrons. The van der Waals surface area contributed by atoms with Crippen molar-refractivity contribution in [1.29, 1.82) is 0 Å². The Hall–Kier alpha value is -0.0900. The van der Waals surface area contributed by atoms with Crippen LogP contribution in [0.25, 0.3) is 0 Å². The van der Waals surface area contributed by atoms with Gasteiger partial charge in [0.1, 0.15) is 0 Å². The first-order valence-electron chi connectivity index (χ1n) is 4.25. The van der Waals surface area contributed by atoms with Gasteiger partial charge in [0, 0.05) is 38.3 Å². The van der Waals surface area contributed by atoms with E-state index in [1.165, 1.54) is 0 Å². The van der Waals surface area contributed by atoms with Crippen LogP contribution in [0.2, 0.25) is 0 Å². The lowest BCUT2D eigenvalue weighted by Crippen LogP contribution is -2.50. The minimum atomic E-state index is 0.827. The fourth-order valence-corrected chi connectivity index (χ4v) is 1.28. The number of hydrogen-bond acceptors (Lipinski definition) is 3. The van der Waals surface area contributed by atoms with Crippen LogP contribution in [0.3, 0.4) is 0 Å². The maximum atomic E-state index is 5.40. The third kappa shape index (κ3) is 3.54. The van der Waals surface area contributed by atoms with Gasteiger partial charge in [-0.1, -0.05) is 17.7 Å². The van der Waals surface area contributed by atoms with Gasteiger partial charge in [0.2, 0.25) is 0 Å². The number of nitrogens with one attached hydrogen (secondary N) is 1. The molecule has 4 heteroatoms. The van der Waals surface area contributed by atoms with Crippen LogP contribution in [0, 0.1) is 0 Å². The van der Waals surface area contributed by atoms with E-state index in [9.17, 15) is 0 Å². The molecule has 0 aliphatic carbocycles. The summed E-state index contributed by atoms with van der Waals surface area (Å²) in [4.78, 5) is 2.33. The summed E-state index contributed by atoms with van der Waals surface area (Å²) in [5.74, 6) is 0. The van der Waals surface area contributed by atoms with Crippen LogP contribution in [0.1, 0.15) is 0 Å². The van der Waals surface area contributed by atoms with Crippen molar-refractivity contribution >= 4 is 11.6 Å². The van der Waals surface area contributed by atoms with E-state index < -0.39 is 0 Å². The highest BCUT2D eigenvalue weighted by Gasteiger charge is 2.11. The minimum Gasteiger partial charge on any atom is -0.304 e. The van der Waals surface area contributed by atoms with Crippen molar-refractivity contribution in [2.75, 3.05) is 39.8 Å². The number of hydrazine groups is 1. The Morgan fingerprint density at radius 1 is 1.33 bits per heavy atom. The molecule has 1 aliphatic heterocycles. The van der Waals surface area contributed by atoms with Crippen molar-refractivity contribution in [3.8, 4) is 0 Å². The van der Waals surface area contributed by atoms with Gasteiger partial charge in [-0.3, -0.25) is 5.43 Å². The van der Waals surface area contributed by atoms with E-state index in [2.05, 4.69) is 22.4 Å². The number of rotatable bonds is 3. The third-order valence-electron chi connectivity index (χ3n) is 2.03. The molecule has 1 rings (SSSR count). The number of nitrogens with zero attached hydrogens (tertiary/aromatic N) is 2. The lowest BCUT2D eigenvalue weighted by molar-refractivity contribution is 0.110. The number of halogens is 1. The summed E-state index contributed by atoms with van der Waals surface area (Å²) in [6.07, 6.45) is 1.90. The average Bonchev–Trinajstić information content (AvgIpc) is 2.09. The highest BCUT2D eigenvalue weighted by Crippen LogP contribution is 1.94. The smallest absolute Gasteiger partial charge is 0.0294 e. The molecule has 0 aromatic rings. The molecule has 1 fully saturated rings. The quantitative estimate of drug-likeness (QED) is 0.698. The molecule has 0 aromatic carbocycles. The van der Waals surface area contributed by atoms with Gasteiger partial charge < -0.3 is 4.90 Å². The van der Waals surface area contributed by atoms with Gasteiger partial charge >= 0.3 is 0 Å². The summed E-state index contributed by atoms with van der Waals surface area (Å²) in [6.45, 7) is 5.28. The highest BCUT2D eigenvalue weighted by molar-refractivity contribution is 6.25. The van der Waals surface area contributed by atoms with Crippen LogP contribution >= 0.6 is 11.6 Å². The zero-order valence-electron chi connectivity index (χ0n) is 7.46. The topological polar surface area (TPSA) is 18.5 Å². The molecule has 1 N–H and O–H groups in total. The summed E-state index contributed by atoms with van der Waals surface area (Å²) >= 11 is 5.40. The van der Waals surface area contributed by atoms with Crippen LogP contribution < -0.4 is 5.43 Å². The number of piperazine rings is 1. The first kappa shape index (κ1) is 9.99. The van der Waals surface area contributed by atoms with Crippen molar-refractivity contribution in [3.05, 3.63) is 11.6 Å². The first-order chi connectivity index (χ1) is 5.83. The van der Waals surface area contributed by atoms with Crippen molar-refractivity contribution in [3.63, 3.8) is 0 Å². The summed E-state index contributed by atoms with van der Waals surface area (Å²) in [7, 11) is 2.15. The van der Waals surface area contributed by atoms with Crippen LogP contribution in [0.4, 0.5) is 0 Å². The van der Waals surface area contributed by atoms with Crippen molar-refractivity contribution in [2.45, 2.75) is 0 Å². The Labute approximate surface area is 78.9 Å². The van der Waals surface area contributed by atoms with Gasteiger partial charge in [-0.25, -0.2) is 5.01 Å². The lowest BCUT2D eigenvalue weighted by atomic mass is 10.4. The van der Waals surface area contributed by atoms with Crippen LogP contribution in [0.15, 0.2) is 11.6 Å². The van der Waals surface area contributed by atoms with E-state index in [0.717, 1.165) is 32.7 Å². The fraction of sp³-hybridized carbons (Fsp3) is 0.750. The molecule has 3 nitrogen and oxygen atoms in total. The average molecular weight is 190 g/mol. The van der Waals surface area contributed by atoms with Gasteiger partial charge in [0.15, 0.2) is 0 Å². The highest BCUT2D eigenvalue weighted by atomic mass is 35.5. The summed E-state index contributed by atoms with van der Waals surface area (Å²) in [5, 5.41) is 2.23. The molecule has 1 aliphatic rings. The van der Waals surface area contributed by atoms with E-state index in [1.54, 1.807) is 5.54 Å². The second kappa shape index (κ2) is 5.54. The molecular weight excluding hydrogens is 174 g/mol. The van der Waals surface area contributed by atoms with Gasteiger partial charge in [-0.15, -0.1) is 0 Å². The second-order valence-corrected chi connectivity index (χ2v) is 3.27. The molecule has 12 heavy (non-hydrogen) atoms. The molecule has 1 heterocycles.